The molecule has 1 heterocycles. The maximum Gasteiger partial charge on any atom is 0.150 e. The third-order valence-electron chi connectivity index (χ3n) is 1.16. The van der Waals surface area contributed by atoms with E-state index in [9.17, 15) is 0 Å². The summed E-state index contributed by atoms with van der Waals surface area (Å²) in [6, 6.07) is 0. The molecule has 1 aromatic heterocycles. The zero-order valence-corrected chi connectivity index (χ0v) is 6.18. The van der Waals surface area contributed by atoms with E-state index in [0.717, 1.165) is 12.1 Å². The third-order valence-corrected chi connectivity index (χ3v) is 1.62. The summed E-state index contributed by atoms with van der Waals surface area (Å²) in [5.41, 5.74) is 0.860. The molecule has 0 fully saturated rings. The lowest BCUT2D eigenvalue weighted by Crippen LogP contribution is -1.89. The molecule has 0 amide bonds. The highest BCUT2D eigenvalue weighted by atomic mass is 35.5. The third kappa shape index (κ3) is 1.05. The minimum Gasteiger partial charge on any atom is -0.237 e. The van der Waals surface area contributed by atoms with Crippen molar-refractivity contribution in [1.29, 1.82) is 0 Å². The van der Waals surface area contributed by atoms with Crippen LogP contribution in [0.2, 0.25) is 5.15 Å². The summed E-state index contributed by atoms with van der Waals surface area (Å²) in [6.07, 6.45) is 0.840. The Labute approximate surface area is 58.6 Å². The van der Waals surface area contributed by atoms with E-state index in [-0.39, 0.29) is 0 Å². The van der Waals surface area contributed by atoms with Gasteiger partial charge in [0, 0.05) is 7.05 Å². The molecule has 9 heavy (non-hydrogen) atoms. The molecule has 4 heteroatoms. The molecule has 0 aromatic carbocycles. The zero-order chi connectivity index (χ0) is 6.85. The number of halogens is 1. The second-order valence-electron chi connectivity index (χ2n) is 1.80. The summed E-state index contributed by atoms with van der Waals surface area (Å²) in [7, 11) is 1.77. The highest BCUT2D eigenvalue weighted by molar-refractivity contribution is 6.30. The Morgan fingerprint density at radius 3 is 2.56 bits per heavy atom. The van der Waals surface area contributed by atoms with E-state index < -0.39 is 0 Å². The molecule has 0 radical (unpaired) electrons. The first kappa shape index (κ1) is 6.55. The van der Waals surface area contributed by atoms with Gasteiger partial charge in [-0.15, -0.1) is 5.10 Å². The van der Waals surface area contributed by atoms with Gasteiger partial charge in [-0.2, -0.15) is 0 Å². The van der Waals surface area contributed by atoms with Crippen molar-refractivity contribution in [2.45, 2.75) is 13.3 Å². The van der Waals surface area contributed by atoms with Gasteiger partial charge in [-0.25, -0.2) is 4.68 Å². The smallest absolute Gasteiger partial charge is 0.150 e. The molecule has 0 bridgehead atoms. The lowest BCUT2D eigenvalue weighted by molar-refractivity contribution is 0.714. The second kappa shape index (κ2) is 2.35. The van der Waals surface area contributed by atoms with Gasteiger partial charge in [0.05, 0.1) is 0 Å². The largest absolute Gasteiger partial charge is 0.237 e. The van der Waals surface area contributed by atoms with Crippen LogP contribution in [0.3, 0.4) is 0 Å². The van der Waals surface area contributed by atoms with E-state index in [1.54, 1.807) is 11.7 Å². The second-order valence-corrected chi connectivity index (χ2v) is 2.16. The van der Waals surface area contributed by atoms with Crippen LogP contribution in [0, 0.1) is 0 Å². The van der Waals surface area contributed by atoms with Gasteiger partial charge in [-0.05, 0) is 6.42 Å². The Kier molecular flexibility index (Phi) is 1.71. The Morgan fingerprint density at radius 1 is 1.67 bits per heavy atom. The van der Waals surface area contributed by atoms with Crippen LogP contribution >= 0.6 is 11.6 Å². The molecule has 0 N–H and O–H groups in total. The molecule has 0 spiro atoms. The van der Waals surface area contributed by atoms with Gasteiger partial charge < -0.3 is 0 Å². The molecule has 3 nitrogen and oxygen atoms in total. The zero-order valence-electron chi connectivity index (χ0n) is 5.43. The lowest BCUT2D eigenvalue weighted by atomic mass is 10.4. The van der Waals surface area contributed by atoms with Gasteiger partial charge in [0.1, 0.15) is 10.8 Å². The highest BCUT2D eigenvalue weighted by Crippen LogP contribution is 2.10. The van der Waals surface area contributed by atoms with Crippen molar-refractivity contribution < 1.29 is 0 Å². The molecule has 0 aliphatic rings. The molecular weight excluding hydrogens is 138 g/mol. The van der Waals surface area contributed by atoms with Gasteiger partial charge >= 0.3 is 0 Å². The molecule has 0 aliphatic carbocycles. The SMILES string of the molecule is CCc1nnn(C)c1Cl. The number of aryl methyl sites for hydroxylation is 2. The minimum absolute atomic E-state index is 0.637. The fourth-order valence-corrected chi connectivity index (χ4v) is 0.810. The number of rotatable bonds is 1. The van der Waals surface area contributed by atoms with Crippen LogP contribution in [-0.2, 0) is 13.5 Å². The van der Waals surface area contributed by atoms with E-state index in [1.165, 1.54) is 0 Å². The average Bonchev–Trinajstić information content (AvgIpc) is 2.15. The lowest BCUT2D eigenvalue weighted by Gasteiger charge is -1.87. The molecule has 0 saturated carbocycles. The molecule has 1 rings (SSSR count). The molecule has 0 atom stereocenters. The van der Waals surface area contributed by atoms with Gasteiger partial charge in [-0.3, -0.25) is 0 Å². The Hall–Kier alpha value is -0.570. The summed E-state index contributed by atoms with van der Waals surface area (Å²) >= 11 is 5.75. The Morgan fingerprint density at radius 2 is 2.33 bits per heavy atom. The van der Waals surface area contributed by atoms with Crippen LogP contribution in [0.1, 0.15) is 12.6 Å². The normalized spacial score (nSPS) is 10.1. The van der Waals surface area contributed by atoms with E-state index in [0.29, 0.717) is 5.15 Å². The molecular formula is C5H8ClN3. The van der Waals surface area contributed by atoms with Crippen LogP contribution in [0.5, 0.6) is 0 Å². The standard InChI is InChI=1S/C5H8ClN3/c1-3-4-5(6)9(2)8-7-4/h3H2,1-2H3. The van der Waals surface area contributed by atoms with Crippen LogP contribution in [0.25, 0.3) is 0 Å². The average molecular weight is 146 g/mol. The van der Waals surface area contributed by atoms with Crippen molar-refractivity contribution in [3.63, 3.8) is 0 Å². The van der Waals surface area contributed by atoms with E-state index >= 15 is 0 Å². The van der Waals surface area contributed by atoms with E-state index in [2.05, 4.69) is 10.3 Å². The first-order valence-electron chi connectivity index (χ1n) is 2.79. The molecule has 1 aromatic rings. The molecule has 50 valence electrons. The summed E-state index contributed by atoms with van der Waals surface area (Å²) in [6.45, 7) is 2.00. The maximum atomic E-state index is 5.75. The summed E-state index contributed by atoms with van der Waals surface area (Å²) in [5, 5.41) is 8.17. The predicted octanol–water partition coefficient (Wildman–Crippen LogP) is 1.03. The van der Waals surface area contributed by atoms with Crippen molar-refractivity contribution in [3.8, 4) is 0 Å². The first-order chi connectivity index (χ1) is 4.25. The number of hydrogen-bond acceptors (Lipinski definition) is 2. The van der Waals surface area contributed by atoms with E-state index in [4.69, 9.17) is 11.6 Å². The van der Waals surface area contributed by atoms with Crippen LogP contribution in [0.4, 0.5) is 0 Å². The highest BCUT2D eigenvalue weighted by Gasteiger charge is 2.02. The van der Waals surface area contributed by atoms with Crippen molar-refractivity contribution in [2.75, 3.05) is 0 Å². The quantitative estimate of drug-likeness (QED) is 0.591. The van der Waals surface area contributed by atoms with Crippen LogP contribution in [0.15, 0.2) is 0 Å². The van der Waals surface area contributed by atoms with E-state index in [1.807, 2.05) is 6.92 Å². The summed E-state index contributed by atoms with van der Waals surface area (Å²) < 4.78 is 1.56. The van der Waals surface area contributed by atoms with Crippen LogP contribution in [-0.4, -0.2) is 15.0 Å². The topological polar surface area (TPSA) is 30.7 Å². The molecule has 0 aliphatic heterocycles. The summed E-state index contributed by atoms with van der Waals surface area (Å²) in [4.78, 5) is 0. The molecule has 0 unspecified atom stereocenters. The molecule has 0 saturated heterocycles. The van der Waals surface area contributed by atoms with Crippen LogP contribution < -0.4 is 0 Å². The summed E-state index contributed by atoms with van der Waals surface area (Å²) in [5.74, 6) is 0. The minimum atomic E-state index is 0.637. The predicted molar refractivity (Wildman–Crippen MR) is 35.4 cm³/mol. The maximum absolute atomic E-state index is 5.75. The fourth-order valence-electron chi connectivity index (χ4n) is 0.605. The van der Waals surface area contributed by atoms with Crippen molar-refractivity contribution in [1.82, 2.24) is 15.0 Å². The first-order valence-corrected chi connectivity index (χ1v) is 3.17. The Bertz CT molecular complexity index is 206. The van der Waals surface area contributed by atoms with Crippen molar-refractivity contribution >= 4 is 11.6 Å². The van der Waals surface area contributed by atoms with Gasteiger partial charge in [-0.1, -0.05) is 23.7 Å². The van der Waals surface area contributed by atoms with Crippen molar-refractivity contribution in [3.05, 3.63) is 10.8 Å². The van der Waals surface area contributed by atoms with Gasteiger partial charge in [0.15, 0.2) is 0 Å². The number of aromatic nitrogens is 3. The number of hydrogen-bond donors (Lipinski definition) is 0. The van der Waals surface area contributed by atoms with Gasteiger partial charge in [0.25, 0.3) is 0 Å². The van der Waals surface area contributed by atoms with Gasteiger partial charge in [0.2, 0.25) is 0 Å². The fraction of sp³-hybridized carbons (Fsp3) is 0.600. The Balaban J connectivity index is 3.04. The monoisotopic (exact) mass is 145 g/mol. The van der Waals surface area contributed by atoms with Crippen molar-refractivity contribution in [2.24, 2.45) is 7.05 Å². The number of nitrogens with zero attached hydrogens (tertiary/aromatic N) is 3.